The van der Waals surface area contributed by atoms with E-state index in [2.05, 4.69) is 0 Å². The van der Waals surface area contributed by atoms with Crippen molar-refractivity contribution in [2.75, 3.05) is 5.34 Å². The maximum absolute atomic E-state index is 5.00. The molecule has 5 heavy (non-hydrogen) atoms. The van der Waals surface area contributed by atoms with Crippen LogP contribution in [0, 0.1) is 11.1 Å². The first-order valence-electron chi connectivity index (χ1n) is 0.785. The number of rotatable bonds is 0. The van der Waals surface area contributed by atoms with Gasteiger partial charge in [-0.3, -0.25) is 0 Å². The molecule has 0 atom stereocenters. The lowest BCUT2D eigenvalue weighted by molar-refractivity contribution is 1.05. The summed E-state index contributed by atoms with van der Waals surface area (Å²) in [5.41, 5.74) is 10.0. The molecule has 0 radical (unpaired) electrons. The van der Waals surface area contributed by atoms with Crippen LogP contribution < -0.4 is 0 Å². The predicted molar refractivity (Wildman–Crippen MR) is 22.0 cm³/mol. The lowest BCUT2D eigenvalue weighted by Crippen LogP contribution is -1.24. The molecule has 0 aromatic carbocycles. The van der Waals surface area contributed by atoms with E-state index in [-0.39, 0.29) is 5.34 Å². The van der Waals surface area contributed by atoms with Crippen LogP contribution in [0.2, 0.25) is 0 Å². The summed E-state index contributed by atoms with van der Waals surface area (Å²) in [7, 11) is 0. The van der Waals surface area contributed by atoms with Crippen LogP contribution in [0.4, 0.5) is 0 Å². The monoisotopic (exact) mass is 114 g/mol. The Morgan fingerprint density at radius 3 is 1.20 bits per heavy atom. The Hall–Kier alpha value is 0.180. The number of hydrogen-bond donors (Lipinski definition) is 2. The third-order valence-corrected chi connectivity index (χ3v) is 0. The third-order valence-electron chi connectivity index (χ3n) is 0. The van der Waals surface area contributed by atoms with Gasteiger partial charge in [-0.05, 0) is 0 Å². The summed E-state index contributed by atoms with van der Waals surface area (Å²) < 4.78 is 0. The van der Waals surface area contributed by atoms with Gasteiger partial charge in [-0.1, -0.05) is 0 Å². The van der Waals surface area contributed by atoms with Gasteiger partial charge < -0.3 is 0 Å². The Morgan fingerprint density at radius 2 is 1.20 bits per heavy atom. The second kappa shape index (κ2) is 30.4. The molecular formula is CH4Cl2N2. The van der Waals surface area contributed by atoms with E-state index in [1.54, 1.807) is 0 Å². The van der Waals surface area contributed by atoms with Gasteiger partial charge in [0.15, 0.2) is 0 Å². The summed E-state index contributed by atoms with van der Waals surface area (Å²) in [5, 5.41) is 0.194. The Labute approximate surface area is 40.4 Å². The minimum Gasteiger partial charge on any atom is -0.213 e. The predicted octanol–water partition coefficient (Wildman–Crippen LogP) is 2.02. The van der Waals surface area contributed by atoms with Crippen molar-refractivity contribution in [3.8, 4) is 0 Å². The molecule has 0 fully saturated rings. The molecule has 0 aromatic heterocycles. The van der Waals surface area contributed by atoms with Gasteiger partial charge in [0, 0.05) is 0 Å². The first-order chi connectivity index (χ1) is 2.41. The van der Waals surface area contributed by atoms with Crippen molar-refractivity contribution in [1.29, 1.82) is 11.1 Å². The quantitative estimate of drug-likeness (QED) is 0.358. The fraction of sp³-hybridized carbons (Fsp3) is 1.00. The van der Waals surface area contributed by atoms with Gasteiger partial charge in [-0.15, -0.1) is 23.2 Å². The minimum absolute atomic E-state index is 0.194. The van der Waals surface area contributed by atoms with Crippen molar-refractivity contribution >= 4 is 23.2 Å². The van der Waals surface area contributed by atoms with Crippen LogP contribution in [0.25, 0.3) is 0 Å². The second-order valence-corrected chi connectivity index (χ2v) is 0.909. The first-order valence-corrected chi connectivity index (χ1v) is 1.85. The van der Waals surface area contributed by atoms with Gasteiger partial charge in [0.2, 0.25) is 0 Å². The molecule has 0 saturated carbocycles. The highest BCUT2D eigenvalue weighted by Gasteiger charge is 1.41. The molecule has 4 heteroatoms. The van der Waals surface area contributed by atoms with Gasteiger partial charge in [-0.25, -0.2) is 11.1 Å². The summed E-state index contributed by atoms with van der Waals surface area (Å²) in [4.78, 5) is 0. The molecule has 0 saturated heterocycles. The molecule has 0 heterocycles. The lowest BCUT2D eigenvalue weighted by atomic mass is 11.9. The molecule has 0 aliphatic carbocycles. The van der Waals surface area contributed by atoms with Crippen LogP contribution in [0.1, 0.15) is 0 Å². The van der Waals surface area contributed by atoms with Crippen LogP contribution in [-0.2, 0) is 0 Å². The minimum atomic E-state index is 0.194. The molecule has 2 nitrogen and oxygen atoms in total. The third kappa shape index (κ3) is 613. The average molecular weight is 115 g/mol. The van der Waals surface area contributed by atoms with Crippen LogP contribution in [0.15, 0.2) is 0 Å². The van der Waals surface area contributed by atoms with Crippen molar-refractivity contribution in [1.82, 2.24) is 0 Å². The highest BCUT2D eigenvalue weighted by molar-refractivity contribution is 6.40. The topological polar surface area (TPSA) is 47.7 Å². The zero-order valence-corrected chi connectivity index (χ0v) is 3.97. The van der Waals surface area contributed by atoms with Crippen molar-refractivity contribution in [3.05, 3.63) is 0 Å². The van der Waals surface area contributed by atoms with Gasteiger partial charge in [-0.2, -0.15) is 0 Å². The first kappa shape index (κ1) is 8.95. The Morgan fingerprint density at radius 1 is 1.20 bits per heavy atom. The summed E-state index contributed by atoms with van der Waals surface area (Å²) in [6.07, 6.45) is 0. The van der Waals surface area contributed by atoms with E-state index in [0.717, 1.165) is 0 Å². The Balaban J connectivity index is 0. The fourth-order valence-electron chi connectivity index (χ4n) is 0. The molecule has 0 aromatic rings. The fourth-order valence-corrected chi connectivity index (χ4v) is 0. The number of nitrogens with one attached hydrogen (secondary N) is 2. The summed E-state index contributed by atoms with van der Waals surface area (Å²) >= 11 is 9.53. The zero-order valence-electron chi connectivity index (χ0n) is 2.46. The molecule has 0 rings (SSSR count). The summed E-state index contributed by atoms with van der Waals surface area (Å²) in [5.74, 6) is 0. The maximum atomic E-state index is 5.00. The average Bonchev–Trinajstić information content (AvgIpc) is 1.46. The highest BCUT2D eigenvalue weighted by atomic mass is 35.5. The molecule has 2 N–H and O–H groups in total. The van der Waals surface area contributed by atoms with Gasteiger partial charge in [0.1, 0.15) is 0 Å². The van der Waals surface area contributed by atoms with E-state index in [0.29, 0.717) is 0 Å². The van der Waals surface area contributed by atoms with E-state index in [4.69, 9.17) is 34.3 Å². The largest absolute Gasteiger partial charge is 0.213 e. The molecule has 0 spiro atoms. The standard InChI is InChI=1S/CH2Cl2.H2N2/c2-1-3;1-2/h1H2;1-2H. The smallest absolute Gasteiger partial charge is 0.0967 e. The highest BCUT2D eigenvalue weighted by Crippen LogP contribution is 1.73. The van der Waals surface area contributed by atoms with Crippen molar-refractivity contribution in [3.63, 3.8) is 0 Å². The lowest BCUT2D eigenvalue weighted by Gasteiger charge is -1.42. The summed E-state index contributed by atoms with van der Waals surface area (Å²) in [6, 6.07) is 0. The van der Waals surface area contributed by atoms with Crippen LogP contribution >= 0.6 is 23.2 Å². The molecule has 0 unspecified atom stereocenters. The molecule has 0 aliphatic rings. The number of alkyl halides is 2. The van der Waals surface area contributed by atoms with E-state index < -0.39 is 0 Å². The zero-order chi connectivity index (χ0) is 4.71. The molecule has 0 aliphatic heterocycles. The van der Waals surface area contributed by atoms with Crippen LogP contribution in [0.5, 0.6) is 0 Å². The van der Waals surface area contributed by atoms with Gasteiger partial charge in [0.05, 0.1) is 5.34 Å². The van der Waals surface area contributed by atoms with Crippen molar-refractivity contribution in [2.24, 2.45) is 0 Å². The Kier molecular flexibility index (Phi) is 54.3. The Bertz CT molecular complexity index is 11.6. The molecule has 32 valence electrons. The van der Waals surface area contributed by atoms with Gasteiger partial charge in [0.25, 0.3) is 0 Å². The van der Waals surface area contributed by atoms with E-state index in [9.17, 15) is 0 Å². The van der Waals surface area contributed by atoms with Crippen molar-refractivity contribution < 1.29 is 0 Å². The molecule has 0 bridgehead atoms. The van der Waals surface area contributed by atoms with Crippen LogP contribution in [0.3, 0.4) is 0 Å². The number of hydrogen-bond acceptors (Lipinski definition) is 2. The van der Waals surface area contributed by atoms with E-state index in [1.165, 1.54) is 0 Å². The SMILES string of the molecule is ClCCl.N=N. The van der Waals surface area contributed by atoms with Gasteiger partial charge >= 0.3 is 0 Å². The van der Waals surface area contributed by atoms with Crippen LogP contribution in [-0.4, -0.2) is 5.34 Å². The number of halogens is 2. The molecule has 0 amide bonds. The maximum Gasteiger partial charge on any atom is 0.0967 e. The molecular weight excluding hydrogens is 111 g/mol. The second-order valence-electron chi connectivity index (χ2n) is 0.101. The van der Waals surface area contributed by atoms with E-state index >= 15 is 0 Å². The van der Waals surface area contributed by atoms with E-state index in [1.807, 2.05) is 0 Å². The summed E-state index contributed by atoms with van der Waals surface area (Å²) in [6.45, 7) is 0. The van der Waals surface area contributed by atoms with Crippen molar-refractivity contribution in [2.45, 2.75) is 0 Å². The normalized spacial score (nSPS) is 4.40.